The van der Waals surface area contributed by atoms with Crippen LogP contribution in [0.2, 0.25) is 0 Å². The first-order valence-corrected chi connectivity index (χ1v) is 9.24. The Bertz CT molecular complexity index is 819. The zero-order valence-corrected chi connectivity index (χ0v) is 16.0. The van der Waals surface area contributed by atoms with Crippen LogP contribution < -0.4 is 4.74 Å². The molecule has 3 rings (SSSR count). The number of allylic oxidation sites excluding steroid dienone is 1. The molecule has 2 aromatic carbocycles. The first kappa shape index (κ1) is 19.0. The van der Waals surface area contributed by atoms with Crippen LogP contribution in [0, 0.1) is 17.2 Å². The van der Waals surface area contributed by atoms with Crippen molar-refractivity contribution in [2.75, 3.05) is 13.7 Å². The predicted molar refractivity (Wildman–Crippen MR) is 105 cm³/mol. The van der Waals surface area contributed by atoms with Gasteiger partial charge in [0.1, 0.15) is 11.5 Å². The van der Waals surface area contributed by atoms with Gasteiger partial charge < -0.3 is 14.2 Å². The fourth-order valence-electron chi connectivity index (χ4n) is 3.19. The van der Waals surface area contributed by atoms with Crippen molar-refractivity contribution >= 4 is 5.76 Å². The predicted octanol–water partition coefficient (Wildman–Crippen LogP) is 5.13. The minimum atomic E-state index is -0.383. The third-order valence-corrected chi connectivity index (χ3v) is 4.56. The molecular formula is C23H25NO3. The zero-order chi connectivity index (χ0) is 19.2. The van der Waals surface area contributed by atoms with E-state index in [-0.39, 0.29) is 12.2 Å². The van der Waals surface area contributed by atoms with Gasteiger partial charge in [0, 0.05) is 17.9 Å². The van der Waals surface area contributed by atoms with Gasteiger partial charge in [-0.25, -0.2) is 0 Å². The first-order chi connectivity index (χ1) is 13.1. The summed E-state index contributed by atoms with van der Waals surface area (Å²) in [6.07, 6.45) is 0.227. The highest BCUT2D eigenvalue weighted by molar-refractivity contribution is 5.69. The van der Waals surface area contributed by atoms with Crippen LogP contribution in [0.5, 0.6) is 5.75 Å². The number of methoxy groups -OCH3 is 1. The third-order valence-electron chi connectivity index (χ3n) is 4.56. The standard InChI is InChI=1S/C23H25NO3/c1-16(2)15-26-22-13-20(17-9-11-19(25-3)12-10-17)21(14-24)23(27-22)18-7-5-4-6-8-18/h4-12,16,20,22H,13,15H2,1-3H3/t20-,22-/m1/s1. The highest BCUT2D eigenvalue weighted by atomic mass is 16.7. The number of benzene rings is 2. The summed E-state index contributed by atoms with van der Waals surface area (Å²) >= 11 is 0. The first-order valence-electron chi connectivity index (χ1n) is 9.24. The van der Waals surface area contributed by atoms with Crippen molar-refractivity contribution in [3.63, 3.8) is 0 Å². The Kier molecular flexibility index (Phi) is 6.16. The molecule has 2 atom stereocenters. The van der Waals surface area contributed by atoms with Crippen LogP contribution in [0.3, 0.4) is 0 Å². The van der Waals surface area contributed by atoms with Gasteiger partial charge in [-0.1, -0.05) is 56.3 Å². The van der Waals surface area contributed by atoms with E-state index in [0.717, 1.165) is 16.9 Å². The van der Waals surface area contributed by atoms with Crippen LogP contribution in [0.4, 0.5) is 0 Å². The van der Waals surface area contributed by atoms with Crippen LogP contribution in [0.15, 0.2) is 60.2 Å². The molecule has 1 aliphatic rings. The van der Waals surface area contributed by atoms with Crippen LogP contribution >= 0.6 is 0 Å². The van der Waals surface area contributed by atoms with E-state index in [9.17, 15) is 5.26 Å². The fourth-order valence-corrected chi connectivity index (χ4v) is 3.19. The van der Waals surface area contributed by atoms with Gasteiger partial charge in [0.2, 0.25) is 6.29 Å². The second kappa shape index (κ2) is 8.75. The topological polar surface area (TPSA) is 51.5 Å². The summed E-state index contributed by atoms with van der Waals surface area (Å²) in [7, 11) is 1.65. The molecule has 27 heavy (non-hydrogen) atoms. The molecule has 0 saturated heterocycles. The number of nitriles is 1. The molecule has 0 N–H and O–H groups in total. The van der Waals surface area contributed by atoms with Gasteiger partial charge in [0.05, 0.1) is 25.4 Å². The van der Waals surface area contributed by atoms with Crippen LogP contribution in [-0.4, -0.2) is 20.0 Å². The van der Waals surface area contributed by atoms with Gasteiger partial charge in [-0.05, 0) is 23.6 Å². The molecule has 0 bridgehead atoms. The van der Waals surface area contributed by atoms with Gasteiger partial charge in [-0.2, -0.15) is 5.26 Å². The molecule has 0 fully saturated rings. The lowest BCUT2D eigenvalue weighted by Crippen LogP contribution is -2.27. The number of rotatable bonds is 6. The van der Waals surface area contributed by atoms with Crippen molar-refractivity contribution in [2.45, 2.75) is 32.5 Å². The highest BCUT2D eigenvalue weighted by Gasteiger charge is 2.33. The molecule has 0 spiro atoms. The average molecular weight is 363 g/mol. The molecule has 0 aliphatic carbocycles. The Morgan fingerprint density at radius 1 is 1.11 bits per heavy atom. The lowest BCUT2D eigenvalue weighted by molar-refractivity contribution is -0.116. The molecule has 4 heteroatoms. The van der Waals surface area contributed by atoms with Crippen molar-refractivity contribution in [1.82, 2.24) is 0 Å². The maximum atomic E-state index is 9.91. The Labute approximate surface area is 161 Å². The number of nitrogens with zero attached hydrogens (tertiary/aromatic N) is 1. The van der Waals surface area contributed by atoms with E-state index in [4.69, 9.17) is 14.2 Å². The second-order valence-electron chi connectivity index (χ2n) is 7.06. The van der Waals surface area contributed by atoms with E-state index in [1.54, 1.807) is 7.11 Å². The number of ether oxygens (including phenoxy) is 3. The van der Waals surface area contributed by atoms with Gasteiger partial charge in [0.15, 0.2) is 0 Å². The van der Waals surface area contributed by atoms with Crippen LogP contribution in [0.1, 0.15) is 37.3 Å². The molecule has 0 saturated carbocycles. The lowest BCUT2D eigenvalue weighted by atomic mass is 9.85. The van der Waals surface area contributed by atoms with Crippen molar-refractivity contribution < 1.29 is 14.2 Å². The summed E-state index contributed by atoms with van der Waals surface area (Å²) in [5.41, 5.74) is 2.59. The molecule has 0 unspecified atom stereocenters. The SMILES string of the molecule is COc1ccc([C@H]2C[C@H](OCC(C)C)OC(c3ccccc3)=C2C#N)cc1. The maximum Gasteiger partial charge on any atom is 0.200 e. The molecule has 140 valence electrons. The van der Waals surface area contributed by atoms with E-state index in [1.807, 2.05) is 54.6 Å². The van der Waals surface area contributed by atoms with Gasteiger partial charge in [-0.3, -0.25) is 0 Å². The zero-order valence-electron chi connectivity index (χ0n) is 16.0. The molecular weight excluding hydrogens is 338 g/mol. The van der Waals surface area contributed by atoms with E-state index in [0.29, 0.717) is 30.3 Å². The minimum Gasteiger partial charge on any atom is -0.497 e. The van der Waals surface area contributed by atoms with Gasteiger partial charge in [0.25, 0.3) is 0 Å². The van der Waals surface area contributed by atoms with Gasteiger partial charge >= 0.3 is 0 Å². The highest BCUT2D eigenvalue weighted by Crippen LogP contribution is 2.41. The molecule has 4 nitrogen and oxygen atoms in total. The maximum absolute atomic E-state index is 9.91. The second-order valence-corrected chi connectivity index (χ2v) is 7.06. The van der Waals surface area contributed by atoms with E-state index in [1.165, 1.54) is 0 Å². The summed E-state index contributed by atoms with van der Waals surface area (Å²) in [6.45, 7) is 4.83. The van der Waals surface area contributed by atoms with Crippen molar-refractivity contribution in [3.05, 3.63) is 71.3 Å². The van der Waals surface area contributed by atoms with E-state index in [2.05, 4.69) is 19.9 Å². The van der Waals surface area contributed by atoms with Crippen molar-refractivity contribution in [2.24, 2.45) is 5.92 Å². The lowest BCUT2D eigenvalue weighted by Gasteiger charge is -2.32. The van der Waals surface area contributed by atoms with Crippen LogP contribution in [-0.2, 0) is 9.47 Å². The third kappa shape index (κ3) is 4.50. The van der Waals surface area contributed by atoms with E-state index >= 15 is 0 Å². The molecule has 0 aromatic heterocycles. The Morgan fingerprint density at radius 2 is 1.81 bits per heavy atom. The monoisotopic (exact) mass is 363 g/mol. The molecule has 1 aliphatic heterocycles. The summed E-state index contributed by atoms with van der Waals surface area (Å²) in [5, 5.41) is 9.91. The van der Waals surface area contributed by atoms with Crippen LogP contribution in [0.25, 0.3) is 5.76 Å². The summed E-state index contributed by atoms with van der Waals surface area (Å²) in [5.74, 6) is 1.74. The molecule has 1 heterocycles. The van der Waals surface area contributed by atoms with Crippen molar-refractivity contribution in [3.8, 4) is 11.8 Å². The molecule has 0 amide bonds. The smallest absolute Gasteiger partial charge is 0.200 e. The average Bonchev–Trinajstić information content (AvgIpc) is 2.72. The van der Waals surface area contributed by atoms with Gasteiger partial charge in [-0.15, -0.1) is 0 Å². The molecule has 2 aromatic rings. The quantitative estimate of drug-likeness (QED) is 0.714. The minimum absolute atomic E-state index is 0.0815. The summed E-state index contributed by atoms with van der Waals surface area (Å²) in [4.78, 5) is 0. The normalized spacial score (nSPS) is 19.5. The number of hydrogen-bond donors (Lipinski definition) is 0. The summed E-state index contributed by atoms with van der Waals surface area (Å²) < 4.78 is 17.4. The van der Waals surface area contributed by atoms with Crippen molar-refractivity contribution in [1.29, 1.82) is 5.26 Å². The summed E-state index contributed by atoms with van der Waals surface area (Å²) in [6, 6.07) is 20.0. The Hall–Kier alpha value is -2.77. The Morgan fingerprint density at radius 3 is 2.41 bits per heavy atom. The molecule has 0 radical (unpaired) electrons. The fraction of sp³-hybridized carbons (Fsp3) is 0.348. The Balaban J connectivity index is 2.00. The largest absolute Gasteiger partial charge is 0.497 e. The number of hydrogen-bond acceptors (Lipinski definition) is 4. The van der Waals surface area contributed by atoms with E-state index < -0.39 is 0 Å².